The molecule has 0 spiro atoms. The highest BCUT2D eigenvalue weighted by molar-refractivity contribution is 6.31. The first-order valence-electron chi connectivity index (χ1n) is 6.63. The first-order chi connectivity index (χ1) is 10.1. The van der Waals surface area contributed by atoms with Crippen molar-refractivity contribution in [1.82, 2.24) is 15.0 Å². The summed E-state index contributed by atoms with van der Waals surface area (Å²) in [4.78, 5) is 0. The molecule has 0 aliphatic carbocycles. The fourth-order valence-electron chi connectivity index (χ4n) is 2.20. The van der Waals surface area contributed by atoms with Gasteiger partial charge in [-0.2, -0.15) is 0 Å². The second-order valence-electron chi connectivity index (χ2n) is 4.98. The van der Waals surface area contributed by atoms with Crippen LogP contribution >= 0.6 is 11.6 Å². The number of nitrogens with zero attached hydrogens (tertiary/aromatic N) is 3. The number of nitrogens with two attached hydrogens (primary N) is 1. The van der Waals surface area contributed by atoms with Crippen LogP contribution in [0, 0.1) is 6.92 Å². The maximum absolute atomic E-state index is 6.08. The van der Waals surface area contributed by atoms with E-state index >= 15 is 0 Å². The summed E-state index contributed by atoms with van der Waals surface area (Å²) in [5, 5.41) is 8.94. The molecular weight excluding hydrogens is 284 g/mol. The first kappa shape index (κ1) is 13.6. The van der Waals surface area contributed by atoms with Gasteiger partial charge in [0.25, 0.3) is 0 Å². The van der Waals surface area contributed by atoms with Crippen LogP contribution in [0.5, 0.6) is 0 Å². The number of nitrogen functional groups attached to an aromatic ring is 1. The van der Waals surface area contributed by atoms with Crippen molar-refractivity contribution in [2.45, 2.75) is 13.5 Å². The number of hydrogen-bond donors (Lipinski definition) is 1. The molecule has 0 aliphatic rings. The van der Waals surface area contributed by atoms with E-state index < -0.39 is 0 Å². The van der Waals surface area contributed by atoms with E-state index in [0.717, 1.165) is 33.1 Å². The Kier molecular flexibility index (Phi) is 3.62. The van der Waals surface area contributed by atoms with Gasteiger partial charge in [0.1, 0.15) is 0 Å². The predicted molar refractivity (Wildman–Crippen MR) is 85.2 cm³/mol. The summed E-state index contributed by atoms with van der Waals surface area (Å²) in [5.41, 5.74) is 10.6. The third kappa shape index (κ3) is 2.90. The summed E-state index contributed by atoms with van der Waals surface area (Å²) in [5.74, 6) is 0. The zero-order valence-corrected chi connectivity index (χ0v) is 12.4. The van der Waals surface area contributed by atoms with Gasteiger partial charge in [0.05, 0.1) is 18.4 Å². The molecule has 2 aromatic carbocycles. The van der Waals surface area contributed by atoms with Gasteiger partial charge >= 0.3 is 0 Å². The Morgan fingerprint density at radius 2 is 1.90 bits per heavy atom. The van der Waals surface area contributed by atoms with Crippen molar-refractivity contribution in [1.29, 1.82) is 0 Å². The SMILES string of the molecule is Cc1cc(-c2cnnn2Cc2ccc(N)cc2)ccc1Cl. The maximum Gasteiger partial charge on any atom is 0.0889 e. The largest absolute Gasteiger partial charge is 0.399 e. The molecule has 2 N–H and O–H groups in total. The fourth-order valence-corrected chi connectivity index (χ4v) is 2.32. The van der Waals surface area contributed by atoms with E-state index in [1.54, 1.807) is 6.20 Å². The number of halogens is 1. The fraction of sp³-hybridized carbons (Fsp3) is 0.125. The molecule has 1 heterocycles. The van der Waals surface area contributed by atoms with Gasteiger partial charge in [0.2, 0.25) is 0 Å². The number of rotatable bonds is 3. The normalized spacial score (nSPS) is 10.8. The summed E-state index contributed by atoms with van der Waals surface area (Å²) >= 11 is 6.08. The van der Waals surface area contributed by atoms with Crippen LogP contribution in [-0.2, 0) is 6.54 Å². The molecule has 0 radical (unpaired) electrons. The number of anilines is 1. The van der Waals surface area contributed by atoms with Crippen molar-refractivity contribution in [3.8, 4) is 11.3 Å². The zero-order valence-electron chi connectivity index (χ0n) is 11.6. The van der Waals surface area contributed by atoms with Crippen LogP contribution in [0.25, 0.3) is 11.3 Å². The van der Waals surface area contributed by atoms with Crippen LogP contribution in [0.4, 0.5) is 5.69 Å². The molecule has 4 nitrogen and oxygen atoms in total. The molecule has 1 aromatic heterocycles. The van der Waals surface area contributed by atoms with Gasteiger partial charge in [-0.3, -0.25) is 0 Å². The van der Waals surface area contributed by atoms with E-state index in [1.165, 1.54) is 0 Å². The Morgan fingerprint density at radius 1 is 1.14 bits per heavy atom. The molecular formula is C16H15ClN4. The highest BCUT2D eigenvalue weighted by Gasteiger charge is 2.08. The molecule has 21 heavy (non-hydrogen) atoms. The standard InChI is InChI=1S/C16H15ClN4/c1-11-8-13(4-7-15(11)17)16-9-19-20-21(16)10-12-2-5-14(18)6-3-12/h2-9H,10,18H2,1H3. The molecule has 3 aromatic rings. The summed E-state index contributed by atoms with van der Waals surface area (Å²) in [6.07, 6.45) is 1.76. The number of hydrogen-bond acceptors (Lipinski definition) is 3. The van der Waals surface area contributed by atoms with Crippen molar-refractivity contribution < 1.29 is 0 Å². The molecule has 0 amide bonds. The van der Waals surface area contributed by atoms with Crippen molar-refractivity contribution in [2.75, 3.05) is 5.73 Å². The molecule has 0 atom stereocenters. The van der Waals surface area contributed by atoms with E-state index in [2.05, 4.69) is 10.3 Å². The van der Waals surface area contributed by atoms with Crippen molar-refractivity contribution >= 4 is 17.3 Å². The Morgan fingerprint density at radius 3 is 2.62 bits per heavy atom. The van der Waals surface area contributed by atoms with Gasteiger partial charge in [0, 0.05) is 16.3 Å². The van der Waals surface area contributed by atoms with Gasteiger partial charge < -0.3 is 5.73 Å². The summed E-state index contributed by atoms with van der Waals surface area (Å²) in [6, 6.07) is 13.7. The van der Waals surface area contributed by atoms with Gasteiger partial charge in [0.15, 0.2) is 0 Å². The van der Waals surface area contributed by atoms with Crippen molar-refractivity contribution in [2.24, 2.45) is 0 Å². The highest BCUT2D eigenvalue weighted by Crippen LogP contribution is 2.24. The third-order valence-electron chi connectivity index (χ3n) is 3.38. The van der Waals surface area contributed by atoms with Gasteiger partial charge in [-0.05, 0) is 42.3 Å². The number of aromatic nitrogens is 3. The Bertz CT molecular complexity index is 762. The minimum atomic E-state index is 0.650. The molecule has 3 rings (SSSR count). The minimum Gasteiger partial charge on any atom is -0.399 e. The summed E-state index contributed by atoms with van der Waals surface area (Å²) in [6.45, 7) is 2.64. The van der Waals surface area contributed by atoms with E-state index in [-0.39, 0.29) is 0 Å². The summed E-state index contributed by atoms with van der Waals surface area (Å²) in [7, 11) is 0. The average molecular weight is 299 g/mol. The molecule has 0 unspecified atom stereocenters. The maximum atomic E-state index is 6.08. The highest BCUT2D eigenvalue weighted by atomic mass is 35.5. The lowest BCUT2D eigenvalue weighted by Crippen LogP contribution is -2.04. The van der Waals surface area contributed by atoms with E-state index in [4.69, 9.17) is 17.3 Å². The van der Waals surface area contributed by atoms with Gasteiger partial charge in [-0.25, -0.2) is 4.68 Å². The van der Waals surface area contributed by atoms with E-state index in [9.17, 15) is 0 Å². The van der Waals surface area contributed by atoms with Crippen LogP contribution in [-0.4, -0.2) is 15.0 Å². The zero-order chi connectivity index (χ0) is 14.8. The second kappa shape index (κ2) is 5.58. The topological polar surface area (TPSA) is 56.7 Å². The molecule has 0 fully saturated rings. The molecule has 0 aliphatic heterocycles. The lowest BCUT2D eigenvalue weighted by atomic mass is 10.1. The van der Waals surface area contributed by atoms with Gasteiger partial charge in [-0.1, -0.05) is 35.0 Å². The monoisotopic (exact) mass is 298 g/mol. The van der Waals surface area contributed by atoms with E-state index in [1.807, 2.05) is 54.1 Å². The van der Waals surface area contributed by atoms with Crippen molar-refractivity contribution in [3.05, 3.63) is 64.8 Å². The lowest BCUT2D eigenvalue weighted by molar-refractivity contribution is 0.655. The number of aryl methyl sites for hydroxylation is 1. The molecule has 106 valence electrons. The first-order valence-corrected chi connectivity index (χ1v) is 7.01. The number of benzene rings is 2. The molecule has 0 saturated carbocycles. The van der Waals surface area contributed by atoms with Crippen LogP contribution in [0.15, 0.2) is 48.7 Å². The van der Waals surface area contributed by atoms with Crippen molar-refractivity contribution in [3.63, 3.8) is 0 Å². The van der Waals surface area contributed by atoms with Crippen LogP contribution in [0.2, 0.25) is 5.02 Å². The lowest BCUT2D eigenvalue weighted by Gasteiger charge is -2.08. The molecule has 0 bridgehead atoms. The Balaban J connectivity index is 1.93. The Hall–Kier alpha value is -2.33. The second-order valence-corrected chi connectivity index (χ2v) is 5.39. The van der Waals surface area contributed by atoms with Crippen LogP contribution in [0.1, 0.15) is 11.1 Å². The van der Waals surface area contributed by atoms with Crippen LogP contribution in [0.3, 0.4) is 0 Å². The van der Waals surface area contributed by atoms with Crippen LogP contribution < -0.4 is 5.73 Å². The molecule has 5 heteroatoms. The molecule has 0 saturated heterocycles. The Labute approximate surface area is 128 Å². The summed E-state index contributed by atoms with van der Waals surface area (Å²) < 4.78 is 1.87. The third-order valence-corrected chi connectivity index (χ3v) is 3.81. The predicted octanol–water partition coefficient (Wildman–Crippen LogP) is 3.54. The smallest absolute Gasteiger partial charge is 0.0889 e. The average Bonchev–Trinajstić information content (AvgIpc) is 2.92. The minimum absolute atomic E-state index is 0.650. The quantitative estimate of drug-likeness (QED) is 0.753. The van der Waals surface area contributed by atoms with Gasteiger partial charge in [-0.15, -0.1) is 5.10 Å². The van der Waals surface area contributed by atoms with E-state index in [0.29, 0.717) is 6.54 Å².